The molecule has 136 valence electrons. The van der Waals surface area contributed by atoms with Gasteiger partial charge in [-0.25, -0.2) is 4.79 Å². The zero-order valence-corrected chi connectivity index (χ0v) is 15.9. The van der Waals surface area contributed by atoms with Gasteiger partial charge in [-0.15, -0.1) is 11.3 Å². The van der Waals surface area contributed by atoms with Crippen LogP contribution in [0.25, 0.3) is 0 Å². The molecule has 0 aliphatic carbocycles. The summed E-state index contributed by atoms with van der Waals surface area (Å²) in [4.78, 5) is 26.0. The molecule has 0 aliphatic heterocycles. The van der Waals surface area contributed by atoms with Gasteiger partial charge in [0.25, 0.3) is 11.7 Å². The maximum atomic E-state index is 12.5. The molecule has 1 rings (SSSR count). The fraction of sp³-hybridized carbons (Fsp3) is 0.600. The SMILES string of the molecule is C[C@H](CNC(=O)c1sccc1SC(F)F)N(C)C(=O)OC(C)(C)C. The molecule has 0 fully saturated rings. The van der Waals surface area contributed by atoms with Crippen LogP contribution in [0.5, 0.6) is 0 Å². The molecule has 24 heavy (non-hydrogen) atoms. The van der Waals surface area contributed by atoms with Crippen molar-refractivity contribution in [3.8, 4) is 0 Å². The molecule has 0 spiro atoms. The molecule has 5 nitrogen and oxygen atoms in total. The Bertz CT molecular complexity index is 573. The smallest absolute Gasteiger partial charge is 0.410 e. The third-order valence-corrected chi connectivity index (χ3v) is 4.77. The fourth-order valence-corrected chi connectivity index (χ4v) is 3.24. The Hall–Kier alpha value is -1.35. The van der Waals surface area contributed by atoms with E-state index in [0.717, 1.165) is 11.3 Å². The van der Waals surface area contributed by atoms with Crippen LogP contribution in [0.3, 0.4) is 0 Å². The maximum absolute atomic E-state index is 12.5. The minimum Gasteiger partial charge on any atom is -0.444 e. The number of hydrogen-bond donors (Lipinski definition) is 1. The number of nitrogens with one attached hydrogen (secondary N) is 1. The van der Waals surface area contributed by atoms with Crippen molar-refractivity contribution in [1.82, 2.24) is 10.2 Å². The number of carbonyl (C=O) groups excluding carboxylic acids is 2. The van der Waals surface area contributed by atoms with Crippen LogP contribution in [0.2, 0.25) is 0 Å². The van der Waals surface area contributed by atoms with E-state index in [-0.39, 0.29) is 22.4 Å². The van der Waals surface area contributed by atoms with E-state index in [9.17, 15) is 18.4 Å². The molecule has 0 bridgehead atoms. The van der Waals surface area contributed by atoms with Crippen LogP contribution in [0, 0.1) is 0 Å². The van der Waals surface area contributed by atoms with Gasteiger partial charge in [-0.3, -0.25) is 4.79 Å². The highest BCUT2D eigenvalue weighted by molar-refractivity contribution is 7.99. The van der Waals surface area contributed by atoms with Gasteiger partial charge in [0.15, 0.2) is 0 Å². The Balaban J connectivity index is 2.57. The zero-order valence-electron chi connectivity index (χ0n) is 14.3. The van der Waals surface area contributed by atoms with Gasteiger partial charge in [-0.1, -0.05) is 11.8 Å². The summed E-state index contributed by atoms with van der Waals surface area (Å²) in [7, 11) is 1.58. The van der Waals surface area contributed by atoms with Gasteiger partial charge in [-0.2, -0.15) is 8.78 Å². The third kappa shape index (κ3) is 6.64. The summed E-state index contributed by atoms with van der Waals surface area (Å²) in [5.74, 6) is -3.01. The highest BCUT2D eigenvalue weighted by Crippen LogP contribution is 2.31. The van der Waals surface area contributed by atoms with Crippen LogP contribution in [0.15, 0.2) is 16.3 Å². The predicted octanol–water partition coefficient (Wildman–Crippen LogP) is 4.05. The lowest BCUT2D eigenvalue weighted by Gasteiger charge is -2.28. The van der Waals surface area contributed by atoms with Crippen molar-refractivity contribution in [2.24, 2.45) is 0 Å². The van der Waals surface area contributed by atoms with Crippen molar-refractivity contribution in [3.63, 3.8) is 0 Å². The van der Waals surface area contributed by atoms with Crippen molar-refractivity contribution in [2.75, 3.05) is 13.6 Å². The number of thioether (sulfide) groups is 1. The molecular weight excluding hydrogens is 358 g/mol. The summed E-state index contributed by atoms with van der Waals surface area (Å²) in [6, 6.07) is 1.18. The average molecular weight is 380 g/mol. The first-order valence-corrected chi connectivity index (χ1v) is 9.03. The lowest BCUT2D eigenvalue weighted by molar-refractivity contribution is 0.0234. The van der Waals surface area contributed by atoms with Gasteiger partial charge in [0.1, 0.15) is 10.5 Å². The molecular formula is C15H22F2N2O3S2. The first-order chi connectivity index (χ1) is 11.0. The Kier molecular flexibility index (Phi) is 7.47. The van der Waals surface area contributed by atoms with Crippen molar-refractivity contribution in [3.05, 3.63) is 16.3 Å². The minimum absolute atomic E-state index is 0.186. The molecule has 1 aromatic heterocycles. The summed E-state index contributed by atoms with van der Waals surface area (Å²) in [6.07, 6.45) is -0.491. The summed E-state index contributed by atoms with van der Waals surface area (Å²) in [5.41, 5.74) is -0.604. The van der Waals surface area contributed by atoms with Crippen molar-refractivity contribution >= 4 is 35.1 Å². The number of amides is 2. The quantitative estimate of drug-likeness (QED) is 0.757. The number of ether oxygens (including phenoxy) is 1. The monoisotopic (exact) mass is 380 g/mol. The van der Waals surface area contributed by atoms with Gasteiger partial charge < -0.3 is 15.0 Å². The molecule has 1 aromatic rings. The lowest BCUT2D eigenvalue weighted by atomic mass is 10.2. The first-order valence-electron chi connectivity index (χ1n) is 7.27. The molecule has 0 saturated heterocycles. The van der Waals surface area contributed by atoms with Crippen molar-refractivity contribution in [1.29, 1.82) is 0 Å². The number of nitrogens with zero attached hydrogens (tertiary/aromatic N) is 1. The topological polar surface area (TPSA) is 58.6 Å². The molecule has 0 radical (unpaired) electrons. The Morgan fingerprint density at radius 2 is 2.04 bits per heavy atom. The van der Waals surface area contributed by atoms with Crippen LogP contribution < -0.4 is 5.32 Å². The minimum atomic E-state index is -2.58. The van der Waals surface area contributed by atoms with E-state index in [4.69, 9.17) is 4.74 Å². The van der Waals surface area contributed by atoms with Gasteiger partial charge in [0.05, 0.1) is 0 Å². The average Bonchev–Trinajstić information content (AvgIpc) is 2.88. The maximum Gasteiger partial charge on any atom is 0.410 e. The van der Waals surface area contributed by atoms with Gasteiger partial charge in [0, 0.05) is 24.5 Å². The molecule has 2 amide bonds. The van der Waals surface area contributed by atoms with Crippen LogP contribution in [0.1, 0.15) is 37.4 Å². The van der Waals surface area contributed by atoms with E-state index in [1.807, 2.05) is 0 Å². The second-order valence-electron chi connectivity index (χ2n) is 6.14. The van der Waals surface area contributed by atoms with Crippen LogP contribution >= 0.6 is 23.1 Å². The fourth-order valence-electron chi connectivity index (χ4n) is 1.62. The Labute approximate surface area is 148 Å². The Morgan fingerprint density at radius 3 is 2.58 bits per heavy atom. The molecule has 1 heterocycles. The second-order valence-corrected chi connectivity index (χ2v) is 8.09. The standard InChI is InChI=1S/C15H22F2N2O3S2/c1-9(19(5)14(21)22-15(2,3)4)8-18-12(20)11-10(6-7-23-11)24-13(16)17/h6-7,9,13H,8H2,1-5H3,(H,18,20)/t9-/m1/s1. The molecule has 0 aromatic carbocycles. The number of carbonyl (C=O) groups is 2. The van der Waals surface area contributed by atoms with E-state index in [2.05, 4.69) is 5.32 Å². The third-order valence-electron chi connectivity index (χ3n) is 2.95. The Morgan fingerprint density at radius 1 is 1.42 bits per heavy atom. The number of hydrogen-bond acceptors (Lipinski definition) is 5. The summed E-state index contributed by atoms with van der Waals surface area (Å²) in [6.45, 7) is 7.25. The van der Waals surface area contributed by atoms with E-state index in [1.54, 1.807) is 40.1 Å². The second kappa shape index (κ2) is 8.66. The summed E-state index contributed by atoms with van der Waals surface area (Å²) < 4.78 is 30.2. The van der Waals surface area contributed by atoms with Gasteiger partial charge in [-0.05, 0) is 39.1 Å². The first kappa shape index (κ1) is 20.7. The molecule has 0 unspecified atom stereocenters. The lowest BCUT2D eigenvalue weighted by Crippen LogP contribution is -2.45. The van der Waals surface area contributed by atoms with Gasteiger partial charge >= 0.3 is 6.09 Å². The number of rotatable bonds is 6. The number of alkyl halides is 2. The van der Waals surface area contributed by atoms with Crippen LogP contribution in [0.4, 0.5) is 13.6 Å². The number of halogens is 2. The van der Waals surface area contributed by atoms with E-state index >= 15 is 0 Å². The zero-order chi connectivity index (χ0) is 18.5. The molecule has 1 atom stereocenters. The highest BCUT2D eigenvalue weighted by atomic mass is 32.2. The molecule has 1 N–H and O–H groups in total. The summed E-state index contributed by atoms with van der Waals surface area (Å²) in [5, 5.41) is 4.25. The van der Waals surface area contributed by atoms with Crippen molar-refractivity contribution in [2.45, 2.75) is 50.0 Å². The predicted molar refractivity (Wildman–Crippen MR) is 92.0 cm³/mol. The molecule has 0 saturated carbocycles. The molecule has 0 aliphatic rings. The van der Waals surface area contributed by atoms with E-state index in [0.29, 0.717) is 11.8 Å². The van der Waals surface area contributed by atoms with Gasteiger partial charge in [0.2, 0.25) is 0 Å². The largest absolute Gasteiger partial charge is 0.444 e. The van der Waals surface area contributed by atoms with E-state index in [1.165, 1.54) is 11.0 Å². The number of thiophene rings is 1. The van der Waals surface area contributed by atoms with Crippen LogP contribution in [-0.2, 0) is 4.74 Å². The van der Waals surface area contributed by atoms with Crippen LogP contribution in [-0.4, -0.2) is 47.9 Å². The normalized spacial score (nSPS) is 12.8. The van der Waals surface area contributed by atoms with Crippen molar-refractivity contribution < 1.29 is 23.1 Å². The number of likely N-dealkylation sites (N-methyl/N-ethyl adjacent to an activating group) is 1. The van der Waals surface area contributed by atoms with E-state index < -0.39 is 23.4 Å². The summed E-state index contributed by atoms with van der Waals surface area (Å²) >= 11 is 1.45. The highest BCUT2D eigenvalue weighted by Gasteiger charge is 2.24. The molecule has 9 heteroatoms.